The predicted octanol–water partition coefficient (Wildman–Crippen LogP) is 4.74. The second-order valence-electron chi connectivity index (χ2n) is 7.84. The topological polar surface area (TPSA) is 92.3 Å². The van der Waals surface area contributed by atoms with Crippen LogP contribution in [0.1, 0.15) is 58.5 Å². The van der Waals surface area contributed by atoms with Gasteiger partial charge in [0.25, 0.3) is 5.91 Å². The molecule has 0 saturated heterocycles. The summed E-state index contributed by atoms with van der Waals surface area (Å²) in [5.74, 6) is 0.00393. The van der Waals surface area contributed by atoms with Crippen LogP contribution >= 0.6 is 0 Å². The Morgan fingerprint density at radius 1 is 0.875 bits per heavy atom. The quantitative estimate of drug-likeness (QED) is 0.485. The fourth-order valence-electron chi connectivity index (χ4n) is 3.08. The molecule has 7 heteroatoms. The maximum absolute atomic E-state index is 12.5. The van der Waals surface area contributed by atoms with Crippen molar-refractivity contribution in [2.45, 2.75) is 38.1 Å². The molecule has 6 nitrogen and oxygen atoms in total. The summed E-state index contributed by atoms with van der Waals surface area (Å²) >= 11 is 0. The molecule has 0 saturated carbocycles. The highest BCUT2D eigenvalue weighted by Gasteiger charge is 2.14. The van der Waals surface area contributed by atoms with E-state index in [1.807, 2.05) is 24.3 Å². The van der Waals surface area contributed by atoms with Crippen LogP contribution in [0.15, 0.2) is 77.7 Å². The van der Waals surface area contributed by atoms with Crippen LogP contribution in [0.3, 0.4) is 0 Å². The number of Topliss-reactive ketones (excluding diaryl/α,β-unsaturated/α-hetero) is 1. The summed E-state index contributed by atoms with van der Waals surface area (Å²) in [6, 6.07) is 20.2. The van der Waals surface area contributed by atoms with Gasteiger partial charge in [-0.1, -0.05) is 50.2 Å². The van der Waals surface area contributed by atoms with Gasteiger partial charge in [-0.3, -0.25) is 9.59 Å². The largest absolute Gasteiger partial charge is 0.322 e. The Morgan fingerprint density at radius 3 is 2.09 bits per heavy atom. The summed E-state index contributed by atoms with van der Waals surface area (Å²) in [4.78, 5) is 24.0. The Kier molecular flexibility index (Phi) is 7.22. The van der Waals surface area contributed by atoms with E-state index in [0.717, 1.165) is 11.3 Å². The first-order valence-electron chi connectivity index (χ1n) is 10.3. The van der Waals surface area contributed by atoms with Crippen LogP contribution in [0.4, 0.5) is 5.69 Å². The fraction of sp³-hybridized carbons (Fsp3) is 0.200. The van der Waals surface area contributed by atoms with Gasteiger partial charge < -0.3 is 5.32 Å². The smallest absolute Gasteiger partial charge is 0.255 e. The van der Waals surface area contributed by atoms with Gasteiger partial charge in [0.1, 0.15) is 0 Å². The maximum Gasteiger partial charge on any atom is 0.255 e. The Labute approximate surface area is 188 Å². The highest BCUT2D eigenvalue weighted by molar-refractivity contribution is 7.89. The minimum atomic E-state index is -3.72. The van der Waals surface area contributed by atoms with E-state index in [-0.39, 0.29) is 23.1 Å². The van der Waals surface area contributed by atoms with E-state index < -0.39 is 10.0 Å². The molecule has 0 aliphatic heterocycles. The Bertz CT molecular complexity index is 1220. The van der Waals surface area contributed by atoms with Crippen LogP contribution in [0, 0.1) is 0 Å². The average Bonchev–Trinajstić information content (AvgIpc) is 2.78. The van der Waals surface area contributed by atoms with Crippen molar-refractivity contribution in [2.75, 3.05) is 5.32 Å². The van der Waals surface area contributed by atoms with E-state index in [0.29, 0.717) is 22.6 Å². The number of amides is 1. The van der Waals surface area contributed by atoms with Gasteiger partial charge in [0.2, 0.25) is 10.0 Å². The van der Waals surface area contributed by atoms with E-state index in [1.54, 1.807) is 24.3 Å². The Hall–Kier alpha value is -3.29. The van der Waals surface area contributed by atoms with Gasteiger partial charge in [-0.05, 0) is 60.4 Å². The number of carbonyl (C=O) groups is 2. The lowest BCUT2D eigenvalue weighted by Gasteiger charge is -2.10. The summed E-state index contributed by atoms with van der Waals surface area (Å²) in [6.45, 7) is 5.69. The number of benzene rings is 3. The number of rotatable bonds is 8. The molecule has 0 aliphatic rings. The molecule has 0 fully saturated rings. The van der Waals surface area contributed by atoms with Crippen molar-refractivity contribution >= 4 is 27.4 Å². The second-order valence-corrected chi connectivity index (χ2v) is 9.60. The van der Waals surface area contributed by atoms with Gasteiger partial charge in [0.15, 0.2) is 5.78 Å². The standard InChI is InChI=1S/C25H26N2O4S/c1-17(2)22-5-4-6-23(15-22)27-25(29)21-9-7-19(8-10-21)16-26-32(30,31)24-13-11-20(12-14-24)18(3)28/h4-15,17,26H,16H2,1-3H3,(H,27,29). The second kappa shape index (κ2) is 9.89. The molecule has 32 heavy (non-hydrogen) atoms. The van der Waals surface area contributed by atoms with E-state index in [9.17, 15) is 18.0 Å². The Morgan fingerprint density at radius 2 is 1.50 bits per heavy atom. The van der Waals surface area contributed by atoms with Crippen LogP contribution in [0.5, 0.6) is 0 Å². The van der Waals surface area contributed by atoms with E-state index in [4.69, 9.17) is 0 Å². The number of anilines is 1. The molecular weight excluding hydrogens is 424 g/mol. The van der Waals surface area contributed by atoms with Gasteiger partial charge in [0.05, 0.1) is 4.90 Å². The third-order valence-electron chi connectivity index (χ3n) is 5.06. The summed E-state index contributed by atoms with van der Waals surface area (Å²) in [6.07, 6.45) is 0. The fourth-order valence-corrected chi connectivity index (χ4v) is 4.10. The van der Waals surface area contributed by atoms with Crippen molar-refractivity contribution in [3.63, 3.8) is 0 Å². The zero-order chi connectivity index (χ0) is 23.3. The van der Waals surface area contributed by atoms with Crippen LogP contribution in [0.25, 0.3) is 0 Å². The van der Waals surface area contributed by atoms with Crippen molar-refractivity contribution in [3.05, 3.63) is 95.1 Å². The lowest BCUT2D eigenvalue weighted by molar-refractivity contribution is 0.101. The molecule has 1 amide bonds. The molecule has 3 aromatic rings. The van der Waals surface area contributed by atoms with Gasteiger partial charge in [0, 0.05) is 23.4 Å². The molecular formula is C25H26N2O4S. The van der Waals surface area contributed by atoms with E-state index in [2.05, 4.69) is 23.9 Å². The number of nitrogens with one attached hydrogen (secondary N) is 2. The first kappa shape index (κ1) is 23.4. The van der Waals surface area contributed by atoms with Crippen molar-refractivity contribution in [2.24, 2.45) is 0 Å². The van der Waals surface area contributed by atoms with Gasteiger partial charge >= 0.3 is 0 Å². The summed E-state index contributed by atoms with van der Waals surface area (Å²) in [7, 11) is -3.72. The molecule has 0 atom stereocenters. The Balaban J connectivity index is 1.62. The highest BCUT2D eigenvalue weighted by atomic mass is 32.2. The summed E-state index contributed by atoms with van der Waals surface area (Å²) < 4.78 is 27.5. The molecule has 0 radical (unpaired) electrons. The molecule has 0 aromatic heterocycles. The molecule has 0 aliphatic carbocycles. The number of carbonyl (C=O) groups excluding carboxylic acids is 2. The number of sulfonamides is 1. The monoisotopic (exact) mass is 450 g/mol. The third kappa shape index (κ3) is 5.90. The minimum absolute atomic E-state index is 0.0785. The van der Waals surface area contributed by atoms with Gasteiger partial charge in [-0.2, -0.15) is 0 Å². The minimum Gasteiger partial charge on any atom is -0.322 e. The zero-order valence-corrected chi connectivity index (χ0v) is 19.1. The SMILES string of the molecule is CC(=O)c1ccc(S(=O)(=O)NCc2ccc(C(=O)Nc3cccc(C(C)C)c3)cc2)cc1. The zero-order valence-electron chi connectivity index (χ0n) is 18.3. The van der Waals surface area contributed by atoms with Crippen molar-refractivity contribution in [3.8, 4) is 0 Å². The van der Waals surface area contributed by atoms with E-state index >= 15 is 0 Å². The first-order chi connectivity index (χ1) is 15.2. The van der Waals surface area contributed by atoms with Crippen molar-refractivity contribution in [1.82, 2.24) is 4.72 Å². The van der Waals surface area contributed by atoms with Crippen LogP contribution in [0.2, 0.25) is 0 Å². The van der Waals surface area contributed by atoms with Gasteiger partial charge in [-0.25, -0.2) is 13.1 Å². The predicted molar refractivity (Wildman–Crippen MR) is 125 cm³/mol. The molecule has 0 bridgehead atoms. The first-order valence-corrected chi connectivity index (χ1v) is 11.7. The molecule has 0 unspecified atom stereocenters. The molecule has 0 spiro atoms. The molecule has 2 N–H and O–H groups in total. The van der Waals surface area contributed by atoms with Crippen LogP contribution in [-0.4, -0.2) is 20.1 Å². The molecule has 166 valence electrons. The van der Waals surface area contributed by atoms with E-state index in [1.165, 1.54) is 31.2 Å². The average molecular weight is 451 g/mol. The molecule has 0 heterocycles. The number of hydrogen-bond acceptors (Lipinski definition) is 4. The normalized spacial score (nSPS) is 11.4. The van der Waals surface area contributed by atoms with Gasteiger partial charge in [-0.15, -0.1) is 0 Å². The molecule has 3 aromatic carbocycles. The molecule has 3 rings (SSSR count). The van der Waals surface area contributed by atoms with Crippen molar-refractivity contribution in [1.29, 1.82) is 0 Å². The third-order valence-corrected chi connectivity index (χ3v) is 6.48. The van der Waals surface area contributed by atoms with Crippen LogP contribution < -0.4 is 10.0 Å². The lowest BCUT2D eigenvalue weighted by Crippen LogP contribution is -2.23. The maximum atomic E-state index is 12.5. The van der Waals surface area contributed by atoms with Crippen molar-refractivity contribution < 1.29 is 18.0 Å². The van der Waals surface area contributed by atoms with Crippen LogP contribution in [-0.2, 0) is 16.6 Å². The number of ketones is 1. The highest BCUT2D eigenvalue weighted by Crippen LogP contribution is 2.19. The number of hydrogen-bond donors (Lipinski definition) is 2. The summed E-state index contributed by atoms with van der Waals surface area (Å²) in [5, 5.41) is 2.89. The summed E-state index contributed by atoms with van der Waals surface area (Å²) in [5.41, 5.74) is 3.52. The lowest BCUT2D eigenvalue weighted by atomic mass is 10.0.